The van der Waals surface area contributed by atoms with Gasteiger partial charge in [-0.2, -0.15) is 5.10 Å². The number of aryl methyl sites for hydroxylation is 1. The number of amides is 1. The Morgan fingerprint density at radius 2 is 1.82 bits per heavy atom. The standard InChI is InChI=1S/C24H20Cl3IN2O3/c1-3-32-22-11-16(12-29-30-24(31)17-6-4-14(2)8-19(17)26)10-21(28)23(22)33-13-15-5-7-18(25)20(27)9-15/h4-12H,3,13H2,1-2H3,(H,30,31)/b29-12-. The van der Waals surface area contributed by atoms with Crippen molar-refractivity contribution in [3.05, 3.63) is 89.4 Å². The molecule has 0 bridgehead atoms. The maximum atomic E-state index is 12.3. The van der Waals surface area contributed by atoms with Crippen LogP contribution in [0.2, 0.25) is 15.1 Å². The quantitative estimate of drug-likeness (QED) is 0.164. The number of nitrogens with zero attached hydrogens (tertiary/aromatic N) is 1. The summed E-state index contributed by atoms with van der Waals surface area (Å²) in [6.07, 6.45) is 1.54. The van der Waals surface area contributed by atoms with Crippen LogP contribution in [-0.2, 0) is 6.61 Å². The fourth-order valence-corrected chi connectivity index (χ4v) is 4.30. The van der Waals surface area contributed by atoms with E-state index in [9.17, 15) is 4.79 Å². The Labute approximate surface area is 221 Å². The van der Waals surface area contributed by atoms with Crippen molar-refractivity contribution in [3.8, 4) is 11.5 Å². The molecule has 0 aliphatic heterocycles. The minimum Gasteiger partial charge on any atom is -0.490 e. The van der Waals surface area contributed by atoms with Gasteiger partial charge in [0.15, 0.2) is 11.5 Å². The van der Waals surface area contributed by atoms with Crippen molar-refractivity contribution in [2.24, 2.45) is 5.10 Å². The number of hydrazone groups is 1. The lowest BCUT2D eigenvalue weighted by Crippen LogP contribution is -2.18. The molecule has 33 heavy (non-hydrogen) atoms. The first-order chi connectivity index (χ1) is 15.8. The molecule has 0 heterocycles. The van der Waals surface area contributed by atoms with Crippen molar-refractivity contribution >= 4 is 69.5 Å². The predicted molar refractivity (Wildman–Crippen MR) is 142 cm³/mol. The number of benzene rings is 3. The van der Waals surface area contributed by atoms with E-state index in [4.69, 9.17) is 44.3 Å². The van der Waals surface area contributed by atoms with E-state index >= 15 is 0 Å². The SMILES string of the molecule is CCOc1cc(/C=N\NC(=O)c2ccc(C)cc2Cl)cc(I)c1OCc1ccc(Cl)c(Cl)c1. The fraction of sp³-hybridized carbons (Fsp3) is 0.167. The minimum atomic E-state index is -0.391. The highest BCUT2D eigenvalue weighted by molar-refractivity contribution is 14.1. The number of carbonyl (C=O) groups is 1. The number of nitrogens with one attached hydrogen (secondary N) is 1. The molecule has 3 aromatic rings. The molecule has 0 aliphatic carbocycles. The number of hydrogen-bond acceptors (Lipinski definition) is 4. The van der Waals surface area contributed by atoms with Gasteiger partial charge in [0.2, 0.25) is 0 Å². The van der Waals surface area contributed by atoms with Crippen molar-refractivity contribution in [2.75, 3.05) is 6.61 Å². The largest absolute Gasteiger partial charge is 0.490 e. The van der Waals surface area contributed by atoms with Crippen LogP contribution in [0.3, 0.4) is 0 Å². The van der Waals surface area contributed by atoms with E-state index in [1.807, 2.05) is 32.0 Å². The zero-order valence-corrected chi connectivity index (χ0v) is 22.2. The molecular formula is C24H20Cl3IN2O3. The molecule has 0 atom stereocenters. The maximum absolute atomic E-state index is 12.3. The van der Waals surface area contributed by atoms with Crippen LogP contribution in [-0.4, -0.2) is 18.7 Å². The molecule has 0 radical (unpaired) electrons. The third-order valence-corrected chi connectivity index (χ3v) is 6.30. The molecule has 3 rings (SSSR count). The summed E-state index contributed by atoms with van der Waals surface area (Å²) < 4.78 is 12.6. The number of halogens is 4. The van der Waals surface area contributed by atoms with Crippen LogP contribution >= 0.6 is 57.4 Å². The number of hydrogen-bond donors (Lipinski definition) is 1. The van der Waals surface area contributed by atoms with Gasteiger partial charge in [0.05, 0.1) is 37.0 Å². The Morgan fingerprint density at radius 3 is 2.52 bits per heavy atom. The average Bonchev–Trinajstić information content (AvgIpc) is 2.75. The number of rotatable bonds is 8. The second kappa shape index (κ2) is 11.9. The summed E-state index contributed by atoms with van der Waals surface area (Å²) in [7, 11) is 0. The van der Waals surface area contributed by atoms with Crippen LogP contribution in [0.15, 0.2) is 53.6 Å². The highest BCUT2D eigenvalue weighted by atomic mass is 127. The van der Waals surface area contributed by atoms with Gasteiger partial charge >= 0.3 is 0 Å². The predicted octanol–water partition coefficient (Wildman–Crippen LogP) is 7.30. The van der Waals surface area contributed by atoms with Gasteiger partial charge in [-0.3, -0.25) is 4.79 Å². The maximum Gasteiger partial charge on any atom is 0.272 e. The summed E-state index contributed by atoms with van der Waals surface area (Å²) in [4.78, 5) is 12.3. The van der Waals surface area contributed by atoms with Gasteiger partial charge in [0, 0.05) is 0 Å². The zero-order valence-electron chi connectivity index (χ0n) is 17.8. The van der Waals surface area contributed by atoms with Crippen LogP contribution in [0.5, 0.6) is 11.5 Å². The molecule has 0 fully saturated rings. The topological polar surface area (TPSA) is 59.9 Å². The van der Waals surface area contributed by atoms with E-state index in [0.29, 0.717) is 45.3 Å². The molecule has 0 aliphatic rings. The number of carbonyl (C=O) groups excluding carboxylic acids is 1. The monoisotopic (exact) mass is 616 g/mol. The Balaban J connectivity index is 1.74. The van der Waals surface area contributed by atoms with Gasteiger partial charge in [-0.25, -0.2) is 5.43 Å². The molecular weight excluding hydrogens is 598 g/mol. The molecule has 1 N–H and O–H groups in total. The lowest BCUT2D eigenvalue weighted by Gasteiger charge is -2.15. The molecule has 0 saturated carbocycles. The Morgan fingerprint density at radius 1 is 1.03 bits per heavy atom. The van der Waals surface area contributed by atoms with E-state index in [0.717, 1.165) is 20.3 Å². The van der Waals surface area contributed by atoms with Crippen molar-refractivity contribution in [3.63, 3.8) is 0 Å². The second-order valence-electron chi connectivity index (χ2n) is 6.98. The van der Waals surface area contributed by atoms with Gasteiger partial charge in [0.1, 0.15) is 6.61 Å². The first-order valence-corrected chi connectivity index (χ1v) is 12.1. The Hall–Kier alpha value is -2.00. The Bertz CT molecular complexity index is 1200. The van der Waals surface area contributed by atoms with Gasteiger partial charge in [-0.15, -0.1) is 0 Å². The van der Waals surface area contributed by atoms with Crippen molar-refractivity contribution in [2.45, 2.75) is 20.5 Å². The molecule has 0 unspecified atom stereocenters. The molecule has 5 nitrogen and oxygen atoms in total. The summed E-state index contributed by atoms with van der Waals surface area (Å²) in [6.45, 7) is 4.55. The van der Waals surface area contributed by atoms with Crippen molar-refractivity contribution in [1.29, 1.82) is 0 Å². The minimum absolute atomic E-state index is 0.299. The lowest BCUT2D eigenvalue weighted by molar-refractivity contribution is 0.0955. The van der Waals surface area contributed by atoms with Gasteiger partial charge in [-0.05, 0) is 89.5 Å². The van der Waals surface area contributed by atoms with Crippen LogP contribution in [0.4, 0.5) is 0 Å². The Kier molecular flexibility index (Phi) is 9.26. The summed E-state index contributed by atoms with van der Waals surface area (Å²) in [5.74, 6) is 0.785. The summed E-state index contributed by atoms with van der Waals surface area (Å²) in [5, 5.41) is 5.39. The zero-order chi connectivity index (χ0) is 24.0. The first kappa shape index (κ1) is 25.6. The highest BCUT2D eigenvalue weighted by Crippen LogP contribution is 2.35. The molecule has 172 valence electrons. The summed E-state index contributed by atoms with van der Waals surface area (Å²) >= 11 is 20.4. The molecule has 9 heteroatoms. The normalized spacial score (nSPS) is 11.0. The van der Waals surface area contributed by atoms with E-state index in [-0.39, 0.29) is 0 Å². The molecule has 1 amide bonds. The van der Waals surface area contributed by atoms with Crippen molar-refractivity contribution in [1.82, 2.24) is 5.43 Å². The van der Waals surface area contributed by atoms with Crippen LogP contribution < -0.4 is 14.9 Å². The molecule has 3 aromatic carbocycles. The summed E-state index contributed by atoms with van der Waals surface area (Å²) in [6, 6.07) is 14.2. The van der Waals surface area contributed by atoms with E-state index in [1.54, 1.807) is 30.3 Å². The van der Waals surface area contributed by atoms with Gasteiger partial charge in [-0.1, -0.05) is 46.9 Å². The molecule has 0 saturated heterocycles. The number of ether oxygens (including phenoxy) is 2. The van der Waals surface area contributed by atoms with E-state index in [1.165, 1.54) is 6.21 Å². The van der Waals surface area contributed by atoms with Crippen molar-refractivity contribution < 1.29 is 14.3 Å². The highest BCUT2D eigenvalue weighted by Gasteiger charge is 2.13. The second-order valence-corrected chi connectivity index (χ2v) is 9.37. The average molecular weight is 618 g/mol. The third-order valence-electron chi connectivity index (χ3n) is 4.45. The fourth-order valence-electron chi connectivity index (χ4n) is 2.88. The van der Waals surface area contributed by atoms with E-state index in [2.05, 4.69) is 33.1 Å². The first-order valence-electron chi connectivity index (χ1n) is 9.91. The third kappa shape index (κ3) is 6.99. The van der Waals surface area contributed by atoms with Gasteiger partial charge < -0.3 is 9.47 Å². The molecule has 0 spiro atoms. The van der Waals surface area contributed by atoms with Crippen LogP contribution in [0.1, 0.15) is 34.0 Å². The molecule has 0 aromatic heterocycles. The van der Waals surface area contributed by atoms with Gasteiger partial charge in [0.25, 0.3) is 5.91 Å². The van der Waals surface area contributed by atoms with Crippen LogP contribution in [0.25, 0.3) is 0 Å². The lowest BCUT2D eigenvalue weighted by atomic mass is 10.1. The summed E-state index contributed by atoms with van der Waals surface area (Å²) in [5.41, 5.74) is 5.44. The smallest absolute Gasteiger partial charge is 0.272 e. The van der Waals surface area contributed by atoms with E-state index < -0.39 is 5.91 Å². The van der Waals surface area contributed by atoms with Crippen LogP contribution in [0, 0.1) is 10.5 Å².